The van der Waals surface area contributed by atoms with Crippen LogP contribution in [0.5, 0.6) is 11.5 Å². The molecule has 104 valence electrons. The number of benzene rings is 2. The fourth-order valence-corrected chi connectivity index (χ4v) is 3.32. The molecule has 2 aromatic carbocycles. The lowest BCUT2D eigenvalue weighted by Gasteiger charge is -2.29. The van der Waals surface area contributed by atoms with Crippen LogP contribution in [0.2, 0.25) is 0 Å². The second kappa shape index (κ2) is 5.58. The zero-order valence-electron chi connectivity index (χ0n) is 11.5. The van der Waals surface area contributed by atoms with Crippen molar-refractivity contribution in [3.63, 3.8) is 0 Å². The van der Waals surface area contributed by atoms with Gasteiger partial charge in [0.15, 0.2) is 0 Å². The molecule has 0 spiro atoms. The van der Waals surface area contributed by atoms with Crippen LogP contribution < -0.4 is 0 Å². The number of phenols is 2. The van der Waals surface area contributed by atoms with Crippen molar-refractivity contribution in [2.75, 3.05) is 0 Å². The van der Waals surface area contributed by atoms with Gasteiger partial charge in [0.25, 0.3) is 0 Å². The molecule has 20 heavy (non-hydrogen) atoms. The molecule has 0 bridgehead atoms. The molecule has 0 amide bonds. The Bertz CT molecular complexity index is 566. The lowest BCUT2D eigenvalue weighted by molar-refractivity contribution is 0.381. The zero-order chi connectivity index (χ0) is 13.9. The van der Waals surface area contributed by atoms with E-state index >= 15 is 0 Å². The molecule has 1 aliphatic rings. The molecule has 2 N–H and O–H groups in total. The summed E-state index contributed by atoms with van der Waals surface area (Å²) in [5.41, 5.74) is 2.41. The molecule has 0 saturated heterocycles. The average Bonchev–Trinajstić information content (AvgIpc) is 2.49. The molecule has 0 radical (unpaired) electrons. The summed E-state index contributed by atoms with van der Waals surface area (Å²) in [4.78, 5) is 0. The average molecular weight is 268 g/mol. The van der Waals surface area contributed by atoms with E-state index in [-0.39, 0.29) is 0 Å². The first-order valence-corrected chi connectivity index (χ1v) is 7.31. The first kappa shape index (κ1) is 13.0. The van der Waals surface area contributed by atoms with E-state index in [2.05, 4.69) is 0 Å². The number of hydrogen-bond acceptors (Lipinski definition) is 2. The molecule has 1 saturated carbocycles. The van der Waals surface area contributed by atoms with E-state index in [1.54, 1.807) is 18.2 Å². The maximum atomic E-state index is 9.95. The Kier molecular flexibility index (Phi) is 3.64. The van der Waals surface area contributed by atoms with E-state index in [0.29, 0.717) is 23.3 Å². The third kappa shape index (κ3) is 2.64. The largest absolute Gasteiger partial charge is 0.508 e. The third-order valence-corrected chi connectivity index (χ3v) is 4.47. The minimum absolute atomic E-state index is 0.330. The monoisotopic (exact) mass is 268 g/mol. The molecule has 1 aliphatic carbocycles. The normalized spacial score (nSPS) is 22.6. The first-order valence-electron chi connectivity index (χ1n) is 7.31. The van der Waals surface area contributed by atoms with E-state index in [0.717, 1.165) is 31.2 Å². The highest BCUT2D eigenvalue weighted by molar-refractivity contribution is 5.36. The van der Waals surface area contributed by atoms with Gasteiger partial charge in [-0.05, 0) is 66.8 Å². The zero-order valence-corrected chi connectivity index (χ0v) is 11.5. The molecule has 2 nitrogen and oxygen atoms in total. The van der Waals surface area contributed by atoms with Crippen LogP contribution in [0.15, 0.2) is 48.5 Å². The van der Waals surface area contributed by atoms with E-state index in [1.807, 2.05) is 30.3 Å². The van der Waals surface area contributed by atoms with Gasteiger partial charge in [-0.1, -0.05) is 30.3 Å². The van der Waals surface area contributed by atoms with Crippen molar-refractivity contribution >= 4 is 0 Å². The lowest BCUT2D eigenvalue weighted by atomic mass is 9.76. The summed E-state index contributed by atoms with van der Waals surface area (Å²) in [5.74, 6) is 1.82. The predicted octanol–water partition coefficient (Wildman–Crippen LogP) is 4.54. The molecule has 1 fully saturated rings. The predicted molar refractivity (Wildman–Crippen MR) is 80.2 cm³/mol. The fraction of sp³-hybridized carbons (Fsp3) is 0.333. The SMILES string of the molecule is Oc1ccc(C2CCC(c3ccccc3O)CC2)cc1. The first-order chi connectivity index (χ1) is 9.74. The summed E-state index contributed by atoms with van der Waals surface area (Å²) in [6, 6.07) is 15.3. The highest BCUT2D eigenvalue weighted by Gasteiger charge is 2.24. The maximum Gasteiger partial charge on any atom is 0.119 e. The second-order valence-electron chi connectivity index (χ2n) is 5.70. The Morgan fingerprint density at radius 2 is 1.30 bits per heavy atom. The molecular weight excluding hydrogens is 248 g/mol. The van der Waals surface area contributed by atoms with Crippen LogP contribution in [0, 0.1) is 0 Å². The van der Waals surface area contributed by atoms with Crippen molar-refractivity contribution in [1.29, 1.82) is 0 Å². The van der Waals surface area contributed by atoms with Gasteiger partial charge in [-0.25, -0.2) is 0 Å². The summed E-state index contributed by atoms with van der Waals surface area (Å²) in [7, 11) is 0. The number of hydrogen-bond donors (Lipinski definition) is 2. The smallest absolute Gasteiger partial charge is 0.119 e. The minimum Gasteiger partial charge on any atom is -0.508 e. The van der Waals surface area contributed by atoms with E-state index in [9.17, 15) is 10.2 Å². The van der Waals surface area contributed by atoms with Gasteiger partial charge in [-0.2, -0.15) is 0 Å². The summed E-state index contributed by atoms with van der Waals surface area (Å²) < 4.78 is 0. The van der Waals surface area contributed by atoms with Crippen LogP contribution in [0.3, 0.4) is 0 Å². The van der Waals surface area contributed by atoms with E-state index in [1.165, 1.54) is 5.56 Å². The van der Waals surface area contributed by atoms with Crippen molar-refractivity contribution in [3.05, 3.63) is 59.7 Å². The van der Waals surface area contributed by atoms with Gasteiger partial charge in [-0.15, -0.1) is 0 Å². The highest BCUT2D eigenvalue weighted by atomic mass is 16.3. The minimum atomic E-state index is 0.330. The summed E-state index contributed by atoms with van der Waals surface area (Å²) in [6.45, 7) is 0. The molecule has 0 heterocycles. The highest BCUT2D eigenvalue weighted by Crippen LogP contribution is 2.42. The van der Waals surface area contributed by atoms with Gasteiger partial charge in [-0.3, -0.25) is 0 Å². The molecular formula is C18H20O2. The van der Waals surface area contributed by atoms with Crippen molar-refractivity contribution in [3.8, 4) is 11.5 Å². The van der Waals surface area contributed by atoms with Gasteiger partial charge >= 0.3 is 0 Å². The molecule has 2 aromatic rings. The van der Waals surface area contributed by atoms with Crippen molar-refractivity contribution in [1.82, 2.24) is 0 Å². The van der Waals surface area contributed by atoms with Crippen molar-refractivity contribution in [2.45, 2.75) is 37.5 Å². The Hall–Kier alpha value is -1.96. The number of para-hydroxylation sites is 1. The quantitative estimate of drug-likeness (QED) is 0.839. The summed E-state index contributed by atoms with van der Waals surface area (Å²) >= 11 is 0. The maximum absolute atomic E-state index is 9.95. The molecule has 0 aromatic heterocycles. The van der Waals surface area contributed by atoms with Crippen LogP contribution in [0.1, 0.15) is 48.6 Å². The van der Waals surface area contributed by atoms with Gasteiger partial charge < -0.3 is 10.2 Å². The van der Waals surface area contributed by atoms with Crippen LogP contribution >= 0.6 is 0 Å². The van der Waals surface area contributed by atoms with Gasteiger partial charge in [0, 0.05) is 0 Å². The van der Waals surface area contributed by atoms with Crippen molar-refractivity contribution < 1.29 is 10.2 Å². The topological polar surface area (TPSA) is 40.5 Å². The second-order valence-corrected chi connectivity index (χ2v) is 5.70. The number of rotatable bonds is 2. The van der Waals surface area contributed by atoms with Crippen LogP contribution in [0.25, 0.3) is 0 Å². The fourth-order valence-electron chi connectivity index (χ4n) is 3.32. The third-order valence-electron chi connectivity index (χ3n) is 4.47. The molecule has 2 heteroatoms. The standard InChI is InChI=1S/C18H20O2/c19-16-11-9-14(10-12-16)13-5-7-15(8-6-13)17-3-1-2-4-18(17)20/h1-4,9-13,15,19-20H,5-8H2. The number of aromatic hydroxyl groups is 2. The lowest BCUT2D eigenvalue weighted by Crippen LogP contribution is -2.12. The molecule has 3 rings (SSSR count). The molecule has 0 unspecified atom stereocenters. The Morgan fingerprint density at radius 1 is 0.700 bits per heavy atom. The van der Waals surface area contributed by atoms with Gasteiger partial charge in [0.05, 0.1) is 0 Å². The Labute approximate surface area is 119 Å². The van der Waals surface area contributed by atoms with Crippen LogP contribution in [-0.4, -0.2) is 10.2 Å². The Morgan fingerprint density at radius 3 is 1.95 bits per heavy atom. The molecule has 0 atom stereocenters. The van der Waals surface area contributed by atoms with E-state index in [4.69, 9.17) is 0 Å². The van der Waals surface area contributed by atoms with E-state index < -0.39 is 0 Å². The number of phenolic OH excluding ortho intramolecular Hbond substituents is 2. The molecule has 0 aliphatic heterocycles. The van der Waals surface area contributed by atoms with Crippen molar-refractivity contribution in [2.24, 2.45) is 0 Å². The van der Waals surface area contributed by atoms with Crippen LogP contribution in [0.4, 0.5) is 0 Å². The van der Waals surface area contributed by atoms with Gasteiger partial charge in [0.2, 0.25) is 0 Å². The summed E-state index contributed by atoms with van der Waals surface area (Å²) in [5, 5.41) is 19.3. The van der Waals surface area contributed by atoms with Gasteiger partial charge in [0.1, 0.15) is 11.5 Å². The van der Waals surface area contributed by atoms with Crippen LogP contribution in [-0.2, 0) is 0 Å². The summed E-state index contributed by atoms with van der Waals surface area (Å²) in [6.07, 6.45) is 4.51. The Balaban J connectivity index is 1.68.